The lowest BCUT2D eigenvalue weighted by Crippen LogP contribution is -2.36. The van der Waals surface area contributed by atoms with Gasteiger partial charge in [0.25, 0.3) is 0 Å². The number of ether oxygens (including phenoxy) is 1. The number of rotatable bonds is 5. The minimum absolute atomic E-state index is 0.167. The molecule has 1 aromatic rings. The molecule has 0 aromatic heterocycles. The Labute approximate surface area is 85.2 Å². The van der Waals surface area contributed by atoms with E-state index in [-0.39, 0.29) is 6.04 Å². The molecular weight excluding hydrogens is 176 g/mol. The Morgan fingerprint density at radius 3 is 2.93 bits per heavy atom. The van der Waals surface area contributed by atoms with Gasteiger partial charge in [-0.3, -0.25) is 11.3 Å². The Hall–Kier alpha value is -1.06. The van der Waals surface area contributed by atoms with Gasteiger partial charge in [-0.1, -0.05) is 19.1 Å². The molecule has 0 aliphatic carbocycles. The predicted octanol–water partition coefficient (Wildman–Crippen LogP) is 1.48. The van der Waals surface area contributed by atoms with E-state index in [1.165, 1.54) is 5.56 Å². The summed E-state index contributed by atoms with van der Waals surface area (Å²) >= 11 is 0. The van der Waals surface area contributed by atoms with Crippen molar-refractivity contribution in [3.63, 3.8) is 0 Å². The molecule has 3 N–H and O–H groups in total. The van der Waals surface area contributed by atoms with E-state index in [0.29, 0.717) is 6.61 Å². The molecule has 0 saturated carbocycles. The minimum atomic E-state index is 0.167. The van der Waals surface area contributed by atoms with Crippen LogP contribution in [0.4, 0.5) is 0 Å². The SMILES string of the molecule is CCc1cccc(OCC(C)NN)c1. The molecule has 14 heavy (non-hydrogen) atoms. The Morgan fingerprint density at radius 1 is 1.50 bits per heavy atom. The minimum Gasteiger partial charge on any atom is -0.492 e. The van der Waals surface area contributed by atoms with E-state index in [4.69, 9.17) is 10.6 Å². The molecule has 0 bridgehead atoms. The van der Waals surface area contributed by atoms with E-state index >= 15 is 0 Å². The largest absolute Gasteiger partial charge is 0.492 e. The number of hydrazine groups is 1. The Balaban J connectivity index is 2.50. The molecule has 0 heterocycles. The van der Waals surface area contributed by atoms with Gasteiger partial charge in [-0.15, -0.1) is 0 Å². The number of nitrogens with two attached hydrogens (primary N) is 1. The van der Waals surface area contributed by atoms with Crippen LogP contribution < -0.4 is 16.0 Å². The van der Waals surface area contributed by atoms with Crippen molar-refractivity contribution < 1.29 is 4.74 Å². The molecule has 0 aliphatic heterocycles. The van der Waals surface area contributed by atoms with Crippen LogP contribution in [0.1, 0.15) is 19.4 Å². The van der Waals surface area contributed by atoms with E-state index in [1.54, 1.807) is 0 Å². The fraction of sp³-hybridized carbons (Fsp3) is 0.455. The van der Waals surface area contributed by atoms with Gasteiger partial charge in [-0.2, -0.15) is 0 Å². The smallest absolute Gasteiger partial charge is 0.119 e. The second-order valence-corrected chi connectivity index (χ2v) is 3.38. The number of benzene rings is 1. The molecule has 0 saturated heterocycles. The van der Waals surface area contributed by atoms with Crippen LogP contribution in [0.25, 0.3) is 0 Å². The van der Waals surface area contributed by atoms with Crippen LogP contribution in [-0.4, -0.2) is 12.6 Å². The summed E-state index contributed by atoms with van der Waals surface area (Å²) in [5.74, 6) is 6.17. The molecule has 1 unspecified atom stereocenters. The van der Waals surface area contributed by atoms with Crippen molar-refractivity contribution in [1.29, 1.82) is 0 Å². The highest BCUT2D eigenvalue weighted by atomic mass is 16.5. The molecule has 1 rings (SSSR count). The average Bonchev–Trinajstić information content (AvgIpc) is 2.26. The third-order valence-electron chi connectivity index (χ3n) is 2.09. The van der Waals surface area contributed by atoms with Crippen molar-refractivity contribution >= 4 is 0 Å². The van der Waals surface area contributed by atoms with Crippen LogP contribution >= 0.6 is 0 Å². The van der Waals surface area contributed by atoms with Crippen molar-refractivity contribution in [2.24, 2.45) is 5.84 Å². The highest BCUT2D eigenvalue weighted by Crippen LogP contribution is 2.13. The second-order valence-electron chi connectivity index (χ2n) is 3.38. The van der Waals surface area contributed by atoms with Crippen molar-refractivity contribution in [2.75, 3.05) is 6.61 Å². The molecule has 0 spiro atoms. The average molecular weight is 194 g/mol. The van der Waals surface area contributed by atoms with Gasteiger partial charge in [0.1, 0.15) is 12.4 Å². The lowest BCUT2D eigenvalue weighted by atomic mass is 10.2. The van der Waals surface area contributed by atoms with E-state index < -0.39 is 0 Å². The van der Waals surface area contributed by atoms with Crippen molar-refractivity contribution in [2.45, 2.75) is 26.3 Å². The zero-order chi connectivity index (χ0) is 10.4. The van der Waals surface area contributed by atoms with E-state index in [1.807, 2.05) is 19.1 Å². The van der Waals surface area contributed by atoms with Gasteiger partial charge in [0.15, 0.2) is 0 Å². The number of hydrogen-bond acceptors (Lipinski definition) is 3. The lowest BCUT2D eigenvalue weighted by molar-refractivity contribution is 0.274. The Bertz CT molecular complexity index is 276. The molecule has 0 fully saturated rings. The summed E-state index contributed by atoms with van der Waals surface area (Å²) in [7, 11) is 0. The third-order valence-corrected chi connectivity index (χ3v) is 2.09. The number of hydrogen-bond donors (Lipinski definition) is 2. The van der Waals surface area contributed by atoms with Crippen LogP contribution in [0.15, 0.2) is 24.3 Å². The maximum absolute atomic E-state index is 5.56. The summed E-state index contributed by atoms with van der Waals surface area (Å²) in [5, 5.41) is 0. The summed E-state index contributed by atoms with van der Waals surface area (Å²) in [4.78, 5) is 0. The maximum Gasteiger partial charge on any atom is 0.119 e. The molecule has 0 radical (unpaired) electrons. The quantitative estimate of drug-likeness (QED) is 0.551. The van der Waals surface area contributed by atoms with Crippen LogP contribution in [0.5, 0.6) is 5.75 Å². The number of nitrogens with one attached hydrogen (secondary N) is 1. The van der Waals surface area contributed by atoms with Crippen LogP contribution in [0, 0.1) is 0 Å². The Kier molecular flexibility index (Phi) is 4.43. The summed E-state index contributed by atoms with van der Waals surface area (Å²) in [5.41, 5.74) is 3.93. The van der Waals surface area contributed by atoms with Gasteiger partial charge < -0.3 is 4.74 Å². The molecule has 1 aromatic carbocycles. The zero-order valence-electron chi connectivity index (χ0n) is 8.79. The van der Waals surface area contributed by atoms with Crippen molar-refractivity contribution in [3.8, 4) is 5.75 Å². The molecule has 0 aliphatic rings. The summed E-state index contributed by atoms with van der Waals surface area (Å²) < 4.78 is 5.56. The second kappa shape index (κ2) is 5.62. The topological polar surface area (TPSA) is 47.3 Å². The molecular formula is C11H18N2O. The Morgan fingerprint density at radius 2 is 2.29 bits per heavy atom. The summed E-state index contributed by atoms with van der Waals surface area (Å²) in [6.45, 7) is 4.69. The summed E-state index contributed by atoms with van der Waals surface area (Å²) in [6, 6.07) is 8.29. The monoisotopic (exact) mass is 194 g/mol. The fourth-order valence-electron chi connectivity index (χ4n) is 1.12. The van der Waals surface area contributed by atoms with E-state index in [2.05, 4.69) is 24.5 Å². The van der Waals surface area contributed by atoms with Gasteiger partial charge in [-0.05, 0) is 31.0 Å². The van der Waals surface area contributed by atoms with Gasteiger partial charge in [0.05, 0.1) is 6.04 Å². The van der Waals surface area contributed by atoms with Crippen LogP contribution in [-0.2, 0) is 6.42 Å². The van der Waals surface area contributed by atoms with Crippen LogP contribution in [0.2, 0.25) is 0 Å². The highest BCUT2D eigenvalue weighted by molar-refractivity contribution is 5.28. The molecule has 3 nitrogen and oxygen atoms in total. The van der Waals surface area contributed by atoms with E-state index in [0.717, 1.165) is 12.2 Å². The number of aryl methyl sites for hydroxylation is 1. The molecule has 0 amide bonds. The normalized spacial score (nSPS) is 12.5. The van der Waals surface area contributed by atoms with Gasteiger partial charge in [0.2, 0.25) is 0 Å². The standard InChI is InChI=1S/C11H18N2O/c1-3-10-5-4-6-11(7-10)14-8-9(2)13-12/h4-7,9,13H,3,8,12H2,1-2H3. The first-order chi connectivity index (χ1) is 6.76. The molecule has 3 heteroatoms. The third kappa shape index (κ3) is 3.36. The van der Waals surface area contributed by atoms with Crippen molar-refractivity contribution in [3.05, 3.63) is 29.8 Å². The first kappa shape index (κ1) is 11.0. The summed E-state index contributed by atoms with van der Waals surface area (Å²) in [6.07, 6.45) is 1.03. The molecule has 1 atom stereocenters. The van der Waals surface area contributed by atoms with Gasteiger partial charge >= 0.3 is 0 Å². The first-order valence-corrected chi connectivity index (χ1v) is 4.94. The van der Waals surface area contributed by atoms with Crippen molar-refractivity contribution in [1.82, 2.24) is 5.43 Å². The van der Waals surface area contributed by atoms with Gasteiger partial charge in [0, 0.05) is 0 Å². The van der Waals surface area contributed by atoms with E-state index in [9.17, 15) is 0 Å². The van der Waals surface area contributed by atoms with Crippen LogP contribution in [0.3, 0.4) is 0 Å². The lowest BCUT2D eigenvalue weighted by Gasteiger charge is -2.12. The first-order valence-electron chi connectivity index (χ1n) is 4.94. The predicted molar refractivity (Wildman–Crippen MR) is 58.1 cm³/mol. The fourth-order valence-corrected chi connectivity index (χ4v) is 1.12. The highest BCUT2D eigenvalue weighted by Gasteiger charge is 2.00. The maximum atomic E-state index is 5.56. The zero-order valence-corrected chi connectivity index (χ0v) is 8.79. The molecule has 78 valence electrons. The van der Waals surface area contributed by atoms with Gasteiger partial charge in [-0.25, -0.2) is 0 Å².